The van der Waals surface area contributed by atoms with Crippen LogP contribution in [0.1, 0.15) is 6.92 Å². The Hall–Kier alpha value is -0.570. The second-order valence-corrected chi connectivity index (χ2v) is 3.51. The summed E-state index contributed by atoms with van der Waals surface area (Å²) in [5.41, 5.74) is 3.10. The summed E-state index contributed by atoms with van der Waals surface area (Å²) in [6, 6.07) is 0. The molecule has 0 fully saturated rings. The van der Waals surface area contributed by atoms with Crippen molar-refractivity contribution in [3.63, 3.8) is 0 Å². The van der Waals surface area contributed by atoms with E-state index < -0.39 is 0 Å². The predicted octanol–water partition coefficient (Wildman–Crippen LogP) is 1.25. The highest BCUT2D eigenvalue weighted by Crippen LogP contribution is 2.33. The average Bonchev–Trinajstić information content (AvgIpc) is 2.22. The number of rotatable bonds is 0. The molecule has 0 saturated heterocycles. The summed E-state index contributed by atoms with van der Waals surface area (Å²) in [7, 11) is 0. The molecule has 0 aromatic rings. The number of nitrogens with one attached hydrogen (secondary N) is 1. The Bertz CT molecular complexity index is 185. The molecular formula is C6H8N2S. The molecule has 0 aromatic heterocycles. The van der Waals surface area contributed by atoms with Gasteiger partial charge in [-0.15, -0.1) is 0 Å². The quantitative estimate of drug-likeness (QED) is 0.545. The number of nitrogens with zero attached hydrogens (tertiary/aromatic N) is 1. The minimum Gasteiger partial charge on any atom is -0.305 e. The second-order valence-electron chi connectivity index (χ2n) is 2.14. The van der Waals surface area contributed by atoms with Crippen molar-refractivity contribution in [3.8, 4) is 0 Å². The molecule has 0 spiro atoms. The number of thioether (sulfide) groups is 1. The molecule has 0 aliphatic carbocycles. The zero-order valence-corrected chi connectivity index (χ0v) is 5.98. The van der Waals surface area contributed by atoms with Crippen LogP contribution in [0.2, 0.25) is 0 Å². The molecular weight excluding hydrogens is 132 g/mol. The van der Waals surface area contributed by atoms with E-state index in [-0.39, 0.29) is 0 Å². The number of hydrogen-bond acceptors (Lipinski definition) is 3. The topological polar surface area (TPSA) is 15.3 Å². The van der Waals surface area contributed by atoms with Gasteiger partial charge in [-0.3, -0.25) is 5.01 Å². The third-order valence-electron chi connectivity index (χ3n) is 1.39. The molecule has 1 unspecified atom stereocenters. The first-order valence-corrected chi connectivity index (χ1v) is 3.80. The van der Waals surface area contributed by atoms with Gasteiger partial charge in [0.15, 0.2) is 0 Å². The van der Waals surface area contributed by atoms with Crippen molar-refractivity contribution in [1.82, 2.24) is 10.4 Å². The maximum absolute atomic E-state index is 3.10. The third-order valence-corrected chi connectivity index (χ3v) is 2.49. The van der Waals surface area contributed by atoms with E-state index in [4.69, 9.17) is 0 Å². The van der Waals surface area contributed by atoms with Crippen LogP contribution in [0.4, 0.5) is 0 Å². The van der Waals surface area contributed by atoms with Gasteiger partial charge in [0.1, 0.15) is 5.37 Å². The molecule has 2 nitrogen and oxygen atoms in total. The van der Waals surface area contributed by atoms with Gasteiger partial charge in [0, 0.05) is 17.3 Å². The van der Waals surface area contributed by atoms with Crippen LogP contribution in [0.15, 0.2) is 23.4 Å². The molecule has 0 saturated carbocycles. The predicted molar refractivity (Wildman–Crippen MR) is 39.3 cm³/mol. The lowest BCUT2D eigenvalue weighted by Gasteiger charge is -2.13. The minimum absolute atomic E-state index is 0.519. The molecule has 2 rings (SSSR count). The first-order valence-electron chi connectivity index (χ1n) is 2.92. The Morgan fingerprint density at radius 2 is 2.67 bits per heavy atom. The van der Waals surface area contributed by atoms with E-state index >= 15 is 0 Å². The SMILES string of the molecule is CC1=CN2NC=CC2S1. The number of fused-ring (bicyclic) bond motifs is 1. The minimum atomic E-state index is 0.519. The van der Waals surface area contributed by atoms with Gasteiger partial charge >= 0.3 is 0 Å². The number of hydrazine groups is 1. The molecule has 2 aliphatic heterocycles. The molecule has 48 valence electrons. The Kier molecular flexibility index (Phi) is 0.990. The summed E-state index contributed by atoms with van der Waals surface area (Å²) in [6.07, 6.45) is 6.24. The molecule has 0 amide bonds. The van der Waals surface area contributed by atoms with E-state index in [1.807, 2.05) is 18.0 Å². The molecule has 2 heterocycles. The van der Waals surface area contributed by atoms with Gasteiger partial charge in [-0.05, 0) is 13.0 Å². The van der Waals surface area contributed by atoms with E-state index in [9.17, 15) is 0 Å². The van der Waals surface area contributed by atoms with Crippen molar-refractivity contribution in [2.75, 3.05) is 0 Å². The van der Waals surface area contributed by atoms with Crippen LogP contribution in [0.25, 0.3) is 0 Å². The van der Waals surface area contributed by atoms with Gasteiger partial charge in [-0.25, -0.2) is 0 Å². The van der Waals surface area contributed by atoms with Gasteiger partial charge in [0.2, 0.25) is 0 Å². The van der Waals surface area contributed by atoms with E-state index in [1.54, 1.807) is 0 Å². The summed E-state index contributed by atoms with van der Waals surface area (Å²) in [5, 5.41) is 2.62. The van der Waals surface area contributed by atoms with Crippen LogP contribution >= 0.6 is 11.8 Å². The van der Waals surface area contributed by atoms with Crippen molar-refractivity contribution in [2.45, 2.75) is 12.3 Å². The van der Waals surface area contributed by atoms with E-state index in [1.165, 1.54) is 4.91 Å². The van der Waals surface area contributed by atoms with Crippen molar-refractivity contribution in [3.05, 3.63) is 23.4 Å². The van der Waals surface area contributed by atoms with E-state index in [0.29, 0.717) is 5.37 Å². The van der Waals surface area contributed by atoms with Crippen molar-refractivity contribution >= 4 is 11.8 Å². The standard InChI is InChI=1S/C6H8N2S/c1-5-4-8-6(9-5)2-3-7-8/h2-4,6-7H,1H3. The Morgan fingerprint density at radius 1 is 1.78 bits per heavy atom. The number of hydrogen-bond donors (Lipinski definition) is 1. The molecule has 1 atom stereocenters. The Morgan fingerprint density at radius 3 is 3.44 bits per heavy atom. The summed E-state index contributed by atoms with van der Waals surface area (Å²) in [5.74, 6) is 0. The lowest BCUT2D eigenvalue weighted by Crippen LogP contribution is -2.26. The van der Waals surface area contributed by atoms with Crippen LogP contribution in [0.5, 0.6) is 0 Å². The van der Waals surface area contributed by atoms with Gasteiger partial charge < -0.3 is 5.43 Å². The normalized spacial score (nSPS) is 30.1. The molecule has 0 bridgehead atoms. The highest BCUT2D eigenvalue weighted by molar-refractivity contribution is 8.03. The maximum Gasteiger partial charge on any atom is 0.119 e. The van der Waals surface area contributed by atoms with Crippen LogP contribution in [-0.2, 0) is 0 Å². The largest absolute Gasteiger partial charge is 0.305 e. The van der Waals surface area contributed by atoms with Gasteiger partial charge in [0.05, 0.1) is 0 Å². The van der Waals surface area contributed by atoms with Gasteiger partial charge in [0.25, 0.3) is 0 Å². The highest BCUT2D eigenvalue weighted by atomic mass is 32.2. The monoisotopic (exact) mass is 140 g/mol. The Balaban J connectivity index is 2.19. The average molecular weight is 140 g/mol. The summed E-state index contributed by atoms with van der Waals surface area (Å²) >= 11 is 1.87. The van der Waals surface area contributed by atoms with E-state index in [2.05, 4.69) is 29.6 Å². The van der Waals surface area contributed by atoms with Crippen molar-refractivity contribution in [1.29, 1.82) is 0 Å². The molecule has 1 N–H and O–H groups in total. The summed E-state index contributed by atoms with van der Waals surface area (Å²) in [4.78, 5) is 1.37. The molecule has 0 radical (unpaired) electrons. The lowest BCUT2D eigenvalue weighted by atomic mass is 10.6. The first kappa shape index (κ1) is 5.23. The van der Waals surface area contributed by atoms with Crippen LogP contribution in [0, 0.1) is 0 Å². The molecule has 3 heteroatoms. The zero-order chi connectivity index (χ0) is 6.27. The van der Waals surface area contributed by atoms with E-state index in [0.717, 1.165) is 0 Å². The van der Waals surface area contributed by atoms with Crippen molar-refractivity contribution < 1.29 is 0 Å². The van der Waals surface area contributed by atoms with Crippen LogP contribution in [-0.4, -0.2) is 10.4 Å². The van der Waals surface area contributed by atoms with Crippen molar-refractivity contribution in [2.24, 2.45) is 0 Å². The summed E-state index contributed by atoms with van der Waals surface area (Å²) < 4.78 is 0. The number of allylic oxidation sites excluding steroid dienone is 1. The highest BCUT2D eigenvalue weighted by Gasteiger charge is 2.23. The Labute approximate surface area is 58.6 Å². The third kappa shape index (κ3) is 0.721. The lowest BCUT2D eigenvalue weighted by molar-refractivity contribution is 0.361. The van der Waals surface area contributed by atoms with Gasteiger partial charge in [-0.1, -0.05) is 11.8 Å². The summed E-state index contributed by atoms with van der Waals surface area (Å²) in [6.45, 7) is 2.12. The van der Waals surface area contributed by atoms with Crippen LogP contribution in [0.3, 0.4) is 0 Å². The zero-order valence-electron chi connectivity index (χ0n) is 5.16. The van der Waals surface area contributed by atoms with Gasteiger partial charge in [-0.2, -0.15) is 0 Å². The fourth-order valence-corrected chi connectivity index (χ4v) is 1.95. The fraction of sp³-hybridized carbons (Fsp3) is 0.333. The smallest absolute Gasteiger partial charge is 0.119 e. The first-order chi connectivity index (χ1) is 4.36. The molecule has 2 aliphatic rings. The molecule has 0 aromatic carbocycles. The fourth-order valence-electron chi connectivity index (χ4n) is 1.00. The maximum atomic E-state index is 3.10. The second kappa shape index (κ2) is 1.70. The van der Waals surface area contributed by atoms with Crippen LogP contribution < -0.4 is 5.43 Å². The molecule has 9 heavy (non-hydrogen) atoms.